The van der Waals surface area contributed by atoms with Gasteiger partial charge >= 0.3 is 0 Å². The molecule has 0 fully saturated rings. The second-order valence-corrected chi connectivity index (χ2v) is 13.2. The van der Waals surface area contributed by atoms with Crippen LogP contribution in [0.2, 0.25) is 10.0 Å². The Hall–Kier alpha value is -2.14. The molecule has 0 bridgehead atoms. The number of rotatable bonds is 14. The van der Waals surface area contributed by atoms with Crippen LogP contribution in [0.15, 0.2) is 54.6 Å². The number of nitrogens with one attached hydrogen (secondary N) is 1. The van der Waals surface area contributed by atoms with E-state index < -0.39 is 5.54 Å². The van der Waals surface area contributed by atoms with Gasteiger partial charge in [-0.05, 0) is 67.3 Å². The van der Waals surface area contributed by atoms with Crippen LogP contribution in [-0.4, -0.2) is 29.7 Å². The maximum Gasteiger partial charge on any atom is 0.249 e. The molecule has 1 heterocycles. The molecular weight excluding hydrogens is 527 g/mol. The quantitative estimate of drug-likeness (QED) is 0.231. The monoisotopic (exact) mass is 570 g/mol. The number of halogens is 2. The lowest BCUT2D eigenvalue weighted by Gasteiger charge is -2.43. The number of Topliss-reactive ketones (excluding diaryl/α,β-unsaturated/α-hetero) is 1. The topological polar surface area (TPSA) is 49.4 Å². The molecule has 2 aromatic rings. The van der Waals surface area contributed by atoms with E-state index in [2.05, 4.69) is 51.4 Å². The van der Waals surface area contributed by atoms with E-state index in [-0.39, 0.29) is 17.1 Å². The van der Waals surface area contributed by atoms with Gasteiger partial charge in [0.2, 0.25) is 5.91 Å². The average molecular weight is 572 g/mol. The molecule has 0 aromatic heterocycles. The molecule has 0 saturated heterocycles. The summed E-state index contributed by atoms with van der Waals surface area (Å²) in [6.07, 6.45) is 5.49. The number of benzene rings is 2. The number of hydrogen-bond donors (Lipinski definition) is 1. The van der Waals surface area contributed by atoms with E-state index in [1.165, 1.54) is 5.57 Å². The first-order valence-electron chi connectivity index (χ1n) is 14.1. The van der Waals surface area contributed by atoms with E-state index in [1.807, 2.05) is 42.5 Å². The number of allylic oxidation sites excluding steroid dienone is 1. The van der Waals surface area contributed by atoms with Crippen molar-refractivity contribution >= 4 is 40.6 Å². The lowest BCUT2D eigenvalue weighted by Crippen LogP contribution is -2.55. The SMILES string of the molecule is C=C(C)C(CCC)CCCC(=O)CCN(CC(C)(C)C)C1(Cc2cccc(Cl)c2)C(=O)Nc2cc(Cl)ccc21. The maximum absolute atomic E-state index is 14.0. The minimum absolute atomic E-state index is 0.0969. The van der Waals surface area contributed by atoms with Gasteiger partial charge in [0.15, 0.2) is 0 Å². The van der Waals surface area contributed by atoms with Crippen LogP contribution in [0.5, 0.6) is 0 Å². The number of anilines is 1. The minimum atomic E-state index is -0.982. The molecule has 4 nitrogen and oxygen atoms in total. The first kappa shape index (κ1) is 31.4. The first-order chi connectivity index (χ1) is 18.4. The number of ketones is 1. The number of carbonyl (C=O) groups is 2. The molecule has 0 radical (unpaired) electrons. The van der Waals surface area contributed by atoms with Crippen molar-refractivity contribution in [1.29, 1.82) is 0 Å². The molecule has 0 saturated carbocycles. The lowest BCUT2D eigenvalue weighted by molar-refractivity contribution is -0.130. The molecule has 2 unspecified atom stereocenters. The van der Waals surface area contributed by atoms with Gasteiger partial charge in [-0.25, -0.2) is 0 Å². The molecule has 3 rings (SSSR count). The highest BCUT2D eigenvalue weighted by Gasteiger charge is 2.51. The smallest absolute Gasteiger partial charge is 0.249 e. The van der Waals surface area contributed by atoms with Crippen molar-refractivity contribution in [2.75, 3.05) is 18.4 Å². The predicted octanol–water partition coefficient (Wildman–Crippen LogP) is 8.85. The Kier molecular flexibility index (Phi) is 10.8. The van der Waals surface area contributed by atoms with Crippen LogP contribution < -0.4 is 5.32 Å². The molecule has 212 valence electrons. The summed E-state index contributed by atoms with van der Waals surface area (Å²) in [5.74, 6) is 0.616. The van der Waals surface area contributed by atoms with Crippen LogP contribution in [0.1, 0.15) is 84.3 Å². The van der Waals surface area contributed by atoms with Crippen LogP contribution >= 0.6 is 23.2 Å². The van der Waals surface area contributed by atoms with Crippen LogP contribution in [0.4, 0.5) is 5.69 Å². The number of amides is 1. The zero-order chi connectivity index (χ0) is 28.8. The Balaban J connectivity index is 1.90. The number of carbonyl (C=O) groups excluding carboxylic acids is 2. The Morgan fingerprint density at radius 1 is 1.08 bits per heavy atom. The number of hydrogen-bond acceptors (Lipinski definition) is 3. The molecule has 1 aliphatic rings. The molecule has 0 spiro atoms. The molecule has 6 heteroatoms. The van der Waals surface area contributed by atoms with Gasteiger partial charge in [-0.1, -0.05) is 87.7 Å². The summed E-state index contributed by atoms with van der Waals surface area (Å²) in [7, 11) is 0. The summed E-state index contributed by atoms with van der Waals surface area (Å²) < 4.78 is 0. The zero-order valence-electron chi connectivity index (χ0n) is 24.2. The Morgan fingerprint density at radius 2 is 1.79 bits per heavy atom. The van der Waals surface area contributed by atoms with Crippen molar-refractivity contribution in [3.8, 4) is 0 Å². The number of nitrogens with zero attached hydrogens (tertiary/aromatic N) is 1. The molecular formula is C33H44Cl2N2O2. The minimum Gasteiger partial charge on any atom is -0.324 e. The van der Waals surface area contributed by atoms with Gasteiger partial charge in [0.05, 0.1) is 0 Å². The molecule has 2 aromatic carbocycles. The van der Waals surface area contributed by atoms with E-state index in [4.69, 9.17) is 23.2 Å². The van der Waals surface area contributed by atoms with Crippen LogP contribution in [-0.2, 0) is 21.5 Å². The van der Waals surface area contributed by atoms with E-state index in [0.717, 1.165) is 42.5 Å². The van der Waals surface area contributed by atoms with Crippen molar-refractivity contribution in [3.05, 3.63) is 75.8 Å². The molecule has 39 heavy (non-hydrogen) atoms. The Labute approximate surface area is 245 Å². The third kappa shape index (κ3) is 8.19. The van der Waals surface area contributed by atoms with Crippen LogP contribution in [0.25, 0.3) is 0 Å². The van der Waals surface area contributed by atoms with Gasteiger partial charge in [0, 0.05) is 53.6 Å². The maximum atomic E-state index is 14.0. The fourth-order valence-electron chi connectivity index (χ4n) is 5.77. The van der Waals surface area contributed by atoms with Crippen molar-refractivity contribution in [2.24, 2.45) is 11.3 Å². The van der Waals surface area contributed by atoms with Crippen LogP contribution in [0, 0.1) is 11.3 Å². The van der Waals surface area contributed by atoms with Gasteiger partial charge in [-0.3, -0.25) is 14.5 Å². The standard InChI is InChI=1S/C33H44Cl2N2O2/c1-7-10-25(23(2)3)12-9-14-28(38)17-18-37(22-32(4,5)6)33(21-24-11-8-13-26(34)19-24)29-16-15-27(35)20-30(29)36-31(33)39/h8,11,13,15-16,19-20,25H,2,7,9-10,12,14,17-18,21-22H2,1,3-6H3,(H,36,39). The summed E-state index contributed by atoms with van der Waals surface area (Å²) in [6, 6.07) is 13.3. The molecule has 2 atom stereocenters. The highest BCUT2D eigenvalue weighted by Crippen LogP contribution is 2.45. The molecule has 0 aliphatic carbocycles. The molecule has 1 N–H and O–H groups in total. The highest BCUT2D eigenvalue weighted by atomic mass is 35.5. The van der Waals surface area contributed by atoms with E-state index in [9.17, 15) is 9.59 Å². The van der Waals surface area contributed by atoms with Crippen LogP contribution in [0.3, 0.4) is 0 Å². The fraction of sp³-hybridized carbons (Fsp3) is 0.515. The van der Waals surface area contributed by atoms with Gasteiger partial charge in [-0.2, -0.15) is 0 Å². The second-order valence-electron chi connectivity index (χ2n) is 12.3. The van der Waals surface area contributed by atoms with Gasteiger partial charge in [0.1, 0.15) is 11.3 Å². The Morgan fingerprint density at radius 3 is 2.44 bits per heavy atom. The second kappa shape index (κ2) is 13.5. The summed E-state index contributed by atoms with van der Waals surface area (Å²) >= 11 is 12.7. The van der Waals surface area contributed by atoms with Gasteiger partial charge < -0.3 is 5.32 Å². The van der Waals surface area contributed by atoms with E-state index in [1.54, 1.807) is 0 Å². The zero-order valence-corrected chi connectivity index (χ0v) is 25.7. The largest absolute Gasteiger partial charge is 0.324 e. The number of fused-ring (bicyclic) bond motifs is 1. The third-order valence-electron chi connectivity index (χ3n) is 7.61. The predicted molar refractivity (Wildman–Crippen MR) is 165 cm³/mol. The molecule has 1 aliphatic heterocycles. The van der Waals surface area contributed by atoms with Gasteiger partial charge in [-0.15, -0.1) is 0 Å². The van der Waals surface area contributed by atoms with Crippen molar-refractivity contribution < 1.29 is 9.59 Å². The highest BCUT2D eigenvalue weighted by molar-refractivity contribution is 6.31. The average Bonchev–Trinajstić information content (AvgIpc) is 3.11. The van der Waals surface area contributed by atoms with Crippen molar-refractivity contribution in [2.45, 2.75) is 85.1 Å². The normalized spacial score (nSPS) is 17.7. The van der Waals surface area contributed by atoms with Gasteiger partial charge in [0.25, 0.3) is 0 Å². The van der Waals surface area contributed by atoms with E-state index >= 15 is 0 Å². The Bertz CT molecular complexity index is 1190. The summed E-state index contributed by atoms with van der Waals surface area (Å²) in [4.78, 5) is 29.3. The summed E-state index contributed by atoms with van der Waals surface area (Å²) in [6.45, 7) is 16.0. The fourth-order valence-corrected chi connectivity index (χ4v) is 6.15. The lowest BCUT2D eigenvalue weighted by atomic mass is 9.81. The van der Waals surface area contributed by atoms with E-state index in [0.29, 0.717) is 48.3 Å². The summed E-state index contributed by atoms with van der Waals surface area (Å²) in [5.41, 5.74) is 2.69. The van der Waals surface area contributed by atoms with Crippen molar-refractivity contribution in [3.63, 3.8) is 0 Å². The summed E-state index contributed by atoms with van der Waals surface area (Å²) in [5, 5.41) is 4.30. The third-order valence-corrected chi connectivity index (χ3v) is 8.08. The molecule has 1 amide bonds. The first-order valence-corrected chi connectivity index (χ1v) is 14.9. The van der Waals surface area contributed by atoms with Crippen molar-refractivity contribution in [1.82, 2.24) is 4.90 Å².